The standard InChI is InChI=1S/C17H24N2O3/c1-19(14-9-12-5-6-13(10-14)18-12)17(20)11-4-7-15(21-2)16(8-11)22-3/h4,7-8,12-14,18H,5-6,9-10H2,1-3H3. The molecule has 2 bridgehead atoms. The van der Waals surface area contributed by atoms with Gasteiger partial charge in [0.2, 0.25) is 0 Å². The lowest BCUT2D eigenvalue weighted by atomic mass is 9.98. The number of nitrogens with zero attached hydrogens (tertiary/aromatic N) is 1. The first kappa shape index (κ1) is 15.2. The molecule has 2 heterocycles. The van der Waals surface area contributed by atoms with Gasteiger partial charge in [-0.25, -0.2) is 0 Å². The van der Waals surface area contributed by atoms with Crippen LogP contribution in [-0.4, -0.2) is 50.2 Å². The smallest absolute Gasteiger partial charge is 0.253 e. The molecule has 1 aromatic rings. The Kier molecular flexibility index (Phi) is 4.25. The van der Waals surface area contributed by atoms with Crippen LogP contribution in [0.25, 0.3) is 0 Å². The van der Waals surface area contributed by atoms with Crippen molar-refractivity contribution in [3.8, 4) is 11.5 Å². The molecule has 1 aromatic carbocycles. The fourth-order valence-corrected chi connectivity index (χ4v) is 3.68. The molecule has 5 nitrogen and oxygen atoms in total. The van der Waals surface area contributed by atoms with E-state index in [1.165, 1.54) is 12.8 Å². The van der Waals surface area contributed by atoms with E-state index in [2.05, 4.69) is 5.32 Å². The van der Waals surface area contributed by atoms with Crippen molar-refractivity contribution in [2.75, 3.05) is 21.3 Å². The van der Waals surface area contributed by atoms with Gasteiger partial charge in [0.25, 0.3) is 5.91 Å². The summed E-state index contributed by atoms with van der Waals surface area (Å²) in [6.45, 7) is 0. The lowest BCUT2D eigenvalue weighted by Gasteiger charge is -2.35. The van der Waals surface area contributed by atoms with Crippen LogP contribution < -0.4 is 14.8 Å². The lowest BCUT2D eigenvalue weighted by Crippen LogP contribution is -2.48. The third-order valence-electron chi connectivity index (χ3n) is 4.95. The van der Waals surface area contributed by atoms with Crippen LogP contribution in [-0.2, 0) is 0 Å². The fourth-order valence-electron chi connectivity index (χ4n) is 3.68. The van der Waals surface area contributed by atoms with Gasteiger partial charge in [0.1, 0.15) is 0 Å². The number of ether oxygens (including phenoxy) is 2. The molecule has 0 aliphatic carbocycles. The molecule has 2 atom stereocenters. The van der Waals surface area contributed by atoms with Crippen LogP contribution >= 0.6 is 0 Å². The van der Waals surface area contributed by atoms with E-state index in [-0.39, 0.29) is 5.91 Å². The second-order valence-corrected chi connectivity index (χ2v) is 6.25. The zero-order valence-corrected chi connectivity index (χ0v) is 13.5. The van der Waals surface area contributed by atoms with Gasteiger partial charge in [0.15, 0.2) is 11.5 Å². The van der Waals surface area contributed by atoms with Gasteiger partial charge in [-0.15, -0.1) is 0 Å². The Hall–Kier alpha value is -1.75. The Labute approximate surface area is 131 Å². The number of rotatable bonds is 4. The molecule has 0 aromatic heterocycles. The van der Waals surface area contributed by atoms with Crippen molar-refractivity contribution in [3.63, 3.8) is 0 Å². The van der Waals surface area contributed by atoms with Crippen LogP contribution in [0.5, 0.6) is 11.5 Å². The van der Waals surface area contributed by atoms with Crippen LogP contribution in [0.15, 0.2) is 18.2 Å². The number of carbonyl (C=O) groups is 1. The molecular formula is C17H24N2O3. The van der Waals surface area contributed by atoms with Crippen LogP contribution in [0.3, 0.4) is 0 Å². The maximum atomic E-state index is 12.8. The van der Waals surface area contributed by atoms with E-state index in [9.17, 15) is 4.79 Å². The number of carbonyl (C=O) groups excluding carboxylic acids is 1. The van der Waals surface area contributed by atoms with Crippen LogP contribution in [0, 0.1) is 0 Å². The summed E-state index contributed by atoms with van der Waals surface area (Å²) in [5.74, 6) is 1.28. The van der Waals surface area contributed by atoms with Gasteiger partial charge >= 0.3 is 0 Å². The summed E-state index contributed by atoms with van der Waals surface area (Å²) in [4.78, 5) is 14.7. The number of benzene rings is 1. The number of methoxy groups -OCH3 is 2. The molecule has 2 saturated heterocycles. The normalized spacial score (nSPS) is 26.6. The largest absolute Gasteiger partial charge is 0.493 e. The fraction of sp³-hybridized carbons (Fsp3) is 0.588. The first-order valence-corrected chi connectivity index (χ1v) is 7.87. The van der Waals surface area contributed by atoms with E-state index >= 15 is 0 Å². The van der Waals surface area contributed by atoms with Gasteiger partial charge in [0, 0.05) is 30.7 Å². The molecule has 0 spiro atoms. The molecule has 2 aliphatic rings. The predicted molar refractivity (Wildman–Crippen MR) is 84.6 cm³/mol. The average Bonchev–Trinajstić information content (AvgIpc) is 2.90. The highest BCUT2D eigenvalue weighted by Crippen LogP contribution is 2.31. The lowest BCUT2D eigenvalue weighted by molar-refractivity contribution is 0.0681. The van der Waals surface area contributed by atoms with E-state index in [1.54, 1.807) is 32.4 Å². The second-order valence-electron chi connectivity index (χ2n) is 6.25. The third kappa shape index (κ3) is 2.77. The topological polar surface area (TPSA) is 50.8 Å². The average molecular weight is 304 g/mol. The van der Waals surface area contributed by atoms with Crippen molar-refractivity contribution in [1.29, 1.82) is 0 Å². The molecule has 0 saturated carbocycles. The van der Waals surface area contributed by atoms with E-state index in [4.69, 9.17) is 9.47 Å². The van der Waals surface area contributed by atoms with E-state index in [1.807, 2.05) is 11.9 Å². The molecule has 3 rings (SSSR count). The molecule has 1 N–H and O–H groups in total. The Morgan fingerprint density at radius 2 is 1.77 bits per heavy atom. The molecule has 5 heteroatoms. The maximum absolute atomic E-state index is 12.8. The van der Waals surface area contributed by atoms with E-state index in [0.717, 1.165) is 12.8 Å². The van der Waals surface area contributed by atoms with Crippen molar-refractivity contribution in [2.45, 2.75) is 43.8 Å². The van der Waals surface area contributed by atoms with Crippen molar-refractivity contribution < 1.29 is 14.3 Å². The van der Waals surface area contributed by atoms with Crippen LogP contribution in [0.4, 0.5) is 0 Å². The zero-order valence-electron chi connectivity index (χ0n) is 13.5. The SMILES string of the molecule is COc1ccc(C(=O)N(C)C2CC3CCC(C2)N3)cc1OC. The molecule has 0 radical (unpaired) electrons. The summed E-state index contributed by atoms with van der Waals surface area (Å²) in [5.41, 5.74) is 0.644. The Morgan fingerprint density at radius 1 is 1.14 bits per heavy atom. The quantitative estimate of drug-likeness (QED) is 0.925. The number of hydrogen-bond donors (Lipinski definition) is 1. The number of amides is 1. The molecular weight excluding hydrogens is 280 g/mol. The van der Waals surface area contributed by atoms with Crippen LogP contribution in [0.2, 0.25) is 0 Å². The number of piperidine rings is 1. The Balaban J connectivity index is 1.75. The molecule has 1 amide bonds. The summed E-state index contributed by atoms with van der Waals surface area (Å²) >= 11 is 0. The number of hydrogen-bond acceptors (Lipinski definition) is 4. The van der Waals surface area contributed by atoms with Crippen molar-refractivity contribution in [2.24, 2.45) is 0 Å². The van der Waals surface area contributed by atoms with E-state index in [0.29, 0.717) is 35.2 Å². The van der Waals surface area contributed by atoms with Gasteiger partial charge in [-0.2, -0.15) is 0 Å². The minimum absolute atomic E-state index is 0.0484. The molecule has 120 valence electrons. The highest BCUT2D eigenvalue weighted by Gasteiger charge is 2.36. The molecule has 2 aliphatic heterocycles. The van der Waals surface area contributed by atoms with Crippen molar-refractivity contribution in [3.05, 3.63) is 23.8 Å². The van der Waals surface area contributed by atoms with E-state index < -0.39 is 0 Å². The first-order valence-electron chi connectivity index (χ1n) is 7.87. The Bertz CT molecular complexity index is 549. The Morgan fingerprint density at radius 3 is 2.36 bits per heavy atom. The van der Waals surface area contributed by atoms with Crippen molar-refractivity contribution >= 4 is 5.91 Å². The molecule has 2 fully saturated rings. The maximum Gasteiger partial charge on any atom is 0.253 e. The minimum atomic E-state index is 0.0484. The minimum Gasteiger partial charge on any atom is -0.493 e. The van der Waals surface area contributed by atoms with Gasteiger partial charge in [-0.05, 0) is 43.9 Å². The van der Waals surface area contributed by atoms with Crippen LogP contribution in [0.1, 0.15) is 36.0 Å². The third-order valence-corrected chi connectivity index (χ3v) is 4.95. The monoisotopic (exact) mass is 304 g/mol. The van der Waals surface area contributed by atoms with Gasteiger partial charge in [-0.3, -0.25) is 4.79 Å². The van der Waals surface area contributed by atoms with Gasteiger partial charge in [-0.1, -0.05) is 0 Å². The number of fused-ring (bicyclic) bond motifs is 2. The molecule has 2 unspecified atom stereocenters. The summed E-state index contributed by atoms with van der Waals surface area (Å²) in [7, 11) is 5.09. The van der Waals surface area contributed by atoms with Crippen molar-refractivity contribution in [1.82, 2.24) is 10.2 Å². The summed E-state index contributed by atoms with van der Waals surface area (Å²) in [5, 5.41) is 3.61. The molecule has 22 heavy (non-hydrogen) atoms. The number of nitrogens with one attached hydrogen (secondary N) is 1. The summed E-state index contributed by atoms with van der Waals surface area (Å²) < 4.78 is 10.5. The summed E-state index contributed by atoms with van der Waals surface area (Å²) in [6.07, 6.45) is 4.57. The van der Waals surface area contributed by atoms with Gasteiger partial charge in [0.05, 0.1) is 14.2 Å². The zero-order chi connectivity index (χ0) is 15.7. The summed E-state index contributed by atoms with van der Waals surface area (Å²) in [6, 6.07) is 6.81. The second kappa shape index (κ2) is 6.16. The highest BCUT2D eigenvalue weighted by atomic mass is 16.5. The highest BCUT2D eigenvalue weighted by molar-refractivity contribution is 5.95. The predicted octanol–water partition coefficient (Wildman–Crippen LogP) is 2.06. The van der Waals surface area contributed by atoms with Gasteiger partial charge < -0.3 is 19.7 Å². The first-order chi connectivity index (χ1) is 10.6.